The Balaban J connectivity index is 0.00000338. The van der Waals surface area contributed by atoms with E-state index in [1.54, 1.807) is 0 Å². The Morgan fingerprint density at radius 3 is 2.46 bits per heavy atom. The van der Waals surface area contributed by atoms with Crippen molar-refractivity contribution >= 4 is 41.7 Å². The lowest BCUT2D eigenvalue weighted by Crippen LogP contribution is -2.49. The average molecular weight is 498 g/mol. The molecule has 1 N–H and O–H groups in total. The predicted molar refractivity (Wildman–Crippen MR) is 127 cm³/mol. The van der Waals surface area contributed by atoms with Gasteiger partial charge in [-0.25, -0.2) is 0 Å². The molecule has 7 heteroatoms. The quantitative estimate of drug-likeness (QED) is 0.347. The zero-order valence-corrected chi connectivity index (χ0v) is 20.6. The van der Waals surface area contributed by atoms with E-state index < -0.39 is 0 Å². The van der Waals surface area contributed by atoms with Gasteiger partial charge < -0.3 is 20.0 Å². The van der Waals surface area contributed by atoms with Gasteiger partial charge in [0.2, 0.25) is 0 Å². The van der Waals surface area contributed by atoms with Gasteiger partial charge in [0.1, 0.15) is 0 Å². The van der Waals surface area contributed by atoms with Gasteiger partial charge in [0.15, 0.2) is 5.96 Å². The molecule has 0 aromatic heterocycles. The summed E-state index contributed by atoms with van der Waals surface area (Å²) in [7, 11) is 2.22. The molecule has 0 saturated carbocycles. The molecule has 2 fully saturated rings. The van der Waals surface area contributed by atoms with Crippen molar-refractivity contribution in [1.82, 2.24) is 20.0 Å². The number of likely N-dealkylation sites (N-methyl/N-ethyl adjacent to an activating group) is 1. The molecule has 2 rings (SSSR count). The summed E-state index contributed by atoms with van der Waals surface area (Å²) in [6.07, 6.45) is 0. The Hall–Kier alpha value is 0.270. The van der Waals surface area contributed by atoms with Gasteiger partial charge in [-0.05, 0) is 25.8 Å². The van der Waals surface area contributed by atoms with E-state index in [1.165, 1.54) is 38.5 Å². The lowest BCUT2D eigenvalue weighted by Gasteiger charge is -2.36. The summed E-state index contributed by atoms with van der Waals surface area (Å²) in [5.74, 6) is 3.67. The van der Waals surface area contributed by atoms with E-state index in [1.807, 2.05) is 0 Å². The summed E-state index contributed by atoms with van der Waals surface area (Å²) < 4.78 is 0. The summed E-state index contributed by atoms with van der Waals surface area (Å²) >= 11 is 2.12. The van der Waals surface area contributed by atoms with Crippen LogP contribution in [-0.2, 0) is 0 Å². The maximum atomic E-state index is 5.00. The Morgan fingerprint density at radius 1 is 1.15 bits per heavy atom. The van der Waals surface area contributed by atoms with Crippen molar-refractivity contribution in [3.63, 3.8) is 0 Å². The van der Waals surface area contributed by atoms with Crippen molar-refractivity contribution in [2.24, 2.45) is 16.8 Å². The van der Waals surface area contributed by atoms with Crippen LogP contribution in [0.15, 0.2) is 4.99 Å². The molecule has 2 heterocycles. The molecule has 0 aromatic carbocycles. The minimum atomic E-state index is 0. The first-order valence-electron chi connectivity index (χ1n) is 10.0. The molecule has 5 nitrogen and oxygen atoms in total. The molecule has 26 heavy (non-hydrogen) atoms. The number of thioether (sulfide) groups is 1. The molecule has 0 radical (unpaired) electrons. The van der Waals surface area contributed by atoms with Crippen LogP contribution in [0.25, 0.3) is 0 Å². The molecule has 0 spiro atoms. The molecule has 2 saturated heterocycles. The number of nitrogens with zero attached hydrogens (tertiary/aromatic N) is 4. The number of guanidine groups is 1. The van der Waals surface area contributed by atoms with Gasteiger partial charge in [0, 0.05) is 69.9 Å². The molecule has 2 aliphatic rings. The zero-order valence-electron chi connectivity index (χ0n) is 17.4. The molecular formula is C19H40IN5S. The zero-order chi connectivity index (χ0) is 18.2. The minimum Gasteiger partial charge on any atom is -0.357 e. The van der Waals surface area contributed by atoms with Crippen LogP contribution in [-0.4, -0.2) is 97.6 Å². The average Bonchev–Trinajstić information content (AvgIpc) is 2.60. The van der Waals surface area contributed by atoms with Gasteiger partial charge in [-0.3, -0.25) is 4.99 Å². The Bertz CT molecular complexity index is 413. The standard InChI is InChI=1S/C19H39N5S.HI/c1-6-20-19(24-11-12-25-18(15-24)16(2)3)21-13-17(4)14-23-9-7-22(5)8-10-23;/h16-18H,6-15H2,1-5H3,(H,20,21);1H. The molecule has 0 aliphatic carbocycles. The van der Waals surface area contributed by atoms with Crippen LogP contribution < -0.4 is 5.32 Å². The van der Waals surface area contributed by atoms with Crippen LogP contribution in [0, 0.1) is 11.8 Å². The first kappa shape index (κ1) is 24.3. The lowest BCUT2D eigenvalue weighted by atomic mass is 10.1. The van der Waals surface area contributed by atoms with Crippen molar-refractivity contribution in [3.05, 3.63) is 0 Å². The van der Waals surface area contributed by atoms with Crippen molar-refractivity contribution in [2.45, 2.75) is 32.9 Å². The molecule has 2 atom stereocenters. The molecule has 0 bridgehead atoms. The van der Waals surface area contributed by atoms with Crippen molar-refractivity contribution in [2.75, 3.05) is 71.7 Å². The van der Waals surface area contributed by atoms with Crippen LogP contribution in [0.1, 0.15) is 27.7 Å². The second-order valence-electron chi connectivity index (χ2n) is 8.00. The van der Waals surface area contributed by atoms with Crippen LogP contribution in [0.3, 0.4) is 0 Å². The third-order valence-corrected chi connectivity index (χ3v) is 6.73. The third kappa shape index (κ3) is 8.10. The van der Waals surface area contributed by atoms with Gasteiger partial charge in [-0.1, -0.05) is 20.8 Å². The smallest absolute Gasteiger partial charge is 0.193 e. The monoisotopic (exact) mass is 497 g/mol. The van der Waals surface area contributed by atoms with E-state index >= 15 is 0 Å². The van der Waals surface area contributed by atoms with E-state index in [0.29, 0.717) is 5.92 Å². The van der Waals surface area contributed by atoms with Gasteiger partial charge in [0.05, 0.1) is 0 Å². The summed E-state index contributed by atoms with van der Waals surface area (Å²) in [4.78, 5) is 12.5. The highest BCUT2D eigenvalue weighted by molar-refractivity contribution is 14.0. The number of hydrogen-bond donors (Lipinski definition) is 1. The van der Waals surface area contributed by atoms with Crippen LogP contribution in [0.5, 0.6) is 0 Å². The fourth-order valence-electron chi connectivity index (χ4n) is 3.47. The van der Waals surface area contributed by atoms with Gasteiger partial charge in [-0.15, -0.1) is 24.0 Å². The normalized spacial score (nSPS) is 24.5. The highest BCUT2D eigenvalue weighted by Gasteiger charge is 2.25. The number of halogens is 1. The molecule has 154 valence electrons. The predicted octanol–water partition coefficient (Wildman–Crippen LogP) is 2.53. The van der Waals surface area contributed by atoms with Crippen molar-refractivity contribution < 1.29 is 0 Å². The summed E-state index contributed by atoms with van der Waals surface area (Å²) in [5.41, 5.74) is 0. The molecule has 2 aliphatic heterocycles. The summed E-state index contributed by atoms with van der Waals surface area (Å²) in [6, 6.07) is 0. The minimum absolute atomic E-state index is 0. The number of hydrogen-bond acceptors (Lipinski definition) is 4. The Labute approximate surface area is 182 Å². The topological polar surface area (TPSA) is 34.1 Å². The van der Waals surface area contributed by atoms with E-state index in [0.717, 1.165) is 43.3 Å². The Kier molecular flexibility index (Phi) is 11.8. The van der Waals surface area contributed by atoms with Gasteiger partial charge >= 0.3 is 0 Å². The number of nitrogens with one attached hydrogen (secondary N) is 1. The van der Waals surface area contributed by atoms with Gasteiger partial charge in [-0.2, -0.15) is 11.8 Å². The second-order valence-corrected chi connectivity index (χ2v) is 9.35. The van der Waals surface area contributed by atoms with Crippen molar-refractivity contribution in [3.8, 4) is 0 Å². The molecule has 0 aromatic rings. The number of aliphatic imine (C=N–C) groups is 1. The maximum Gasteiger partial charge on any atom is 0.193 e. The lowest BCUT2D eigenvalue weighted by molar-refractivity contribution is 0.140. The van der Waals surface area contributed by atoms with Crippen LogP contribution in [0.2, 0.25) is 0 Å². The Morgan fingerprint density at radius 2 is 1.85 bits per heavy atom. The SMILES string of the molecule is CCNC(=NCC(C)CN1CCN(C)CC1)N1CCSC(C(C)C)C1.I. The largest absolute Gasteiger partial charge is 0.357 e. The number of rotatable bonds is 6. The van der Waals surface area contributed by atoms with Crippen LogP contribution in [0.4, 0.5) is 0 Å². The third-order valence-electron chi connectivity index (χ3n) is 5.19. The highest BCUT2D eigenvalue weighted by atomic mass is 127. The summed E-state index contributed by atoms with van der Waals surface area (Å²) in [5, 5.41) is 4.25. The number of piperazine rings is 1. The van der Waals surface area contributed by atoms with E-state index in [4.69, 9.17) is 4.99 Å². The molecule has 2 unspecified atom stereocenters. The highest BCUT2D eigenvalue weighted by Crippen LogP contribution is 2.24. The molecule has 0 amide bonds. The van der Waals surface area contributed by atoms with E-state index in [9.17, 15) is 0 Å². The van der Waals surface area contributed by atoms with E-state index in [-0.39, 0.29) is 24.0 Å². The second kappa shape index (κ2) is 12.7. The molecular weight excluding hydrogens is 457 g/mol. The fourth-order valence-corrected chi connectivity index (χ4v) is 4.77. The van der Waals surface area contributed by atoms with Crippen LogP contribution >= 0.6 is 35.7 Å². The van der Waals surface area contributed by atoms with Gasteiger partial charge in [0.25, 0.3) is 0 Å². The van der Waals surface area contributed by atoms with E-state index in [2.05, 4.69) is 66.5 Å². The first-order valence-corrected chi connectivity index (χ1v) is 11.1. The van der Waals surface area contributed by atoms with Crippen molar-refractivity contribution in [1.29, 1.82) is 0 Å². The summed E-state index contributed by atoms with van der Waals surface area (Å²) in [6.45, 7) is 19.2. The maximum absolute atomic E-state index is 5.00. The first-order chi connectivity index (χ1) is 12.0. The fraction of sp³-hybridized carbons (Fsp3) is 0.947.